The fourth-order valence-electron chi connectivity index (χ4n) is 4.47. The van der Waals surface area contributed by atoms with Gasteiger partial charge in [-0.2, -0.15) is 25.2 Å². The van der Waals surface area contributed by atoms with Crippen LogP contribution in [0.4, 0.5) is 0 Å². The standard InChI is InChI=1S/C22H30N4O9S5/c1-12-24-15(10-17(28)25-12)19(37-7-9-40(33,34)36)13-4-3-5-14(18(13)29)20(38-6-8-39(30,31)32)21-23-11-16(27)22(26-21)35-2/h10-11,13-14,19-20,27H,3-9H2,1-2H3,(H,24,25,28)(H,30,31,32)(H,33,34,36). The fourth-order valence-corrected chi connectivity index (χ4v) is 9.60. The van der Waals surface area contributed by atoms with Crippen LogP contribution in [0.2, 0.25) is 0 Å². The summed E-state index contributed by atoms with van der Waals surface area (Å²) in [5.74, 6) is -2.08. The molecule has 2 aromatic rings. The Morgan fingerprint density at radius 2 is 1.73 bits per heavy atom. The van der Waals surface area contributed by atoms with Crippen LogP contribution in [-0.4, -0.2) is 82.7 Å². The summed E-state index contributed by atoms with van der Waals surface area (Å²) in [5.41, 5.74) is -0.0393. The van der Waals surface area contributed by atoms with E-state index in [2.05, 4.69) is 31.1 Å². The van der Waals surface area contributed by atoms with E-state index in [0.29, 0.717) is 30.8 Å². The highest BCUT2D eigenvalue weighted by Crippen LogP contribution is 2.48. The first-order chi connectivity index (χ1) is 18.7. The van der Waals surface area contributed by atoms with E-state index in [1.54, 1.807) is 6.92 Å². The van der Waals surface area contributed by atoms with Crippen LogP contribution in [0.3, 0.4) is 0 Å². The molecular weight excluding hydrogens is 625 g/mol. The molecule has 0 aliphatic heterocycles. The third-order valence-electron chi connectivity index (χ3n) is 6.14. The summed E-state index contributed by atoms with van der Waals surface area (Å²) < 4.78 is 58.4. The second-order valence-corrected chi connectivity index (χ2v) is 16.3. The molecule has 3 rings (SSSR count). The van der Waals surface area contributed by atoms with Gasteiger partial charge in [-0.3, -0.25) is 14.1 Å². The number of hydrogen-bond acceptors (Lipinski definition) is 13. The highest BCUT2D eigenvalue weighted by Gasteiger charge is 2.43. The van der Waals surface area contributed by atoms with Gasteiger partial charge in [-0.05, 0) is 19.8 Å². The quantitative estimate of drug-likeness (QED) is 0.227. The predicted molar refractivity (Wildman–Crippen MR) is 155 cm³/mol. The van der Waals surface area contributed by atoms with E-state index in [1.807, 2.05) is 0 Å². The molecule has 5 unspecified atom stereocenters. The van der Waals surface area contributed by atoms with Gasteiger partial charge in [0.05, 0.1) is 41.0 Å². The summed E-state index contributed by atoms with van der Waals surface area (Å²) in [4.78, 5) is 41.8. The van der Waals surface area contributed by atoms with Crippen molar-refractivity contribution in [3.05, 3.63) is 40.0 Å². The number of thioether (sulfide) groups is 2. The maximum atomic E-state index is 14.1. The first-order valence-corrected chi connectivity index (χ1v) is 18.3. The van der Waals surface area contributed by atoms with E-state index in [4.69, 9.17) is 4.74 Å². The van der Waals surface area contributed by atoms with E-state index in [1.165, 1.54) is 24.9 Å². The topological polar surface area (TPSA) is 210 Å². The fraction of sp³-hybridized carbons (Fsp3) is 0.591. The maximum Gasteiger partial charge on any atom is 0.265 e. The Balaban J connectivity index is 1.99. The lowest BCUT2D eigenvalue weighted by Gasteiger charge is -2.35. The number of carbonyl (C=O) groups excluding carboxylic acids is 1. The molecule has 0 aromatic carbocycles. The molecule has 5 atom stereocenters. The number of aromatic nitrogens is 4. The third kappa shape index (κ3) is 9.35. The molecule has 4 N–H and O–H groups in total. The average molecular weight is 655 g/mol. The molecule has 1 saturated carbocycles. The number of ether oxygens (including phenoxy) is 1. The zero-order valence-electron chi connectivity index (χ0n) is 21.6. The minimum atomic E-state index is -4.26. The predicted octanol–water partition coefficient (Wildman–Crippen LogP) is 1.92. The monoisotopic (exact) mass is 654 g/mol. The van der Waals surface area contributed by atoms with Crippen LogP contribution in [0.5, 0.6) is 11.6 Å². The molecule has 0 saturated heterocycles. The number of methoxy groups -OCH3 is 1. The Labute approximate surface area is 245 Å². The zero-order chi connectivity index (χ0) is 29.7. The van der Waals surface area contributed by atoms with Crippen molar-refractivity contribution >= 4 is 59.4 Å². The number of aromatic hydroxyl groups is 1. The number of aryl methyl sites for hydroxylation is 1. The molecule has 40 heavy (non-hydrogen) atoms. The largest absolute Gasteiger partial charge is 0.502 e. The molecule has 0 radical (unpaired) electrons. The lowest BCUT2D eigenvalue weighted by Crippen LogP contribution is -2.36. The molecule has 1 aliphatic rings. The highest BCUT2D eigenvalue weighted by atomic mass is 32.8. The second kappa shape index (κ2) is 13.9. The highest BCUT2D eigenvalue weighted by molar-refractivity contribution is 8.29. The summed E-state index contributed by atoms with van der Waals surface area (Å²) in [7, 11) is -6.40. The average Bonchev–Trinajstić information content (AvgIpc) is 2.84. The molecule has 13 nitrogen and oxygen atoms in total. The van der Waals surface area contributed by atoms with Crippen LogP contribution in [-0.2, 0) is 34.9 Å². The lowest BCUT2D eigenvalue weighted by molar-refractivity contribution is -0.129. The van der Waals surface area contributed by atoms with Crippen molar-refractivity contribution in [1.29, 1.82) is 0 Å². The summed E-state index contributed by atoms with van der Waals surface area (Å²) >= 11 is 6.92. The van der Waals surface area contributed by atoms with Gasteiger partial charge >= 0.3 is 0 Å². The van der Waals surface area contributed by atoms with Crippen molar-refractivity contribution in [1.82, 2.24) is 19.9 Å². The molecule has 18 heteroatoms. The Hall–Kier alpha value is -1.83. The van der Waals surface area contributed by atoms with E-state index in [9.17, 15) is 36.4 Å². The molecule has 2 heterocycles. The summed E-state index contributed by atoms with van der Waals surface area (Å²) in [6, 6.07) is 1.30. The molecule has 1 fully saturated rings. The van der Waals surface area contributed by atoms with E-state index in [-0.39, 0.29) is 40.5 Å². The minimum Gasteiger partial charge on any atom is -0.502 e. The Bertz CT molecular complexity index is 1480. The number of ketones is 1. The van der Waals surface area contributed by atoms with Crippen LogP contribution in [0.25, 0.3) is 0 Å². The van der Waals surface area contributed by atoms with Gasteiger partial charge in [0.1, 0.15) is 26.2 Å². The van der Waals surface area contributed by atoms with E-state index < -0.39 is 52.5 Å². The lowest BCUT2D eigenvalue weighted by atomic mass is 9.76. The van der Waals surface area contributed by atoms with Gasteiger partial charge in [0.15, 0.2) is 5.75 Å². The summed E-state index contributed by atoms with van der Waals surface area (Å²) in [6.45, 7) is 1.61. The molecule has 222 valence electrons. The Morgan fingerprint density at radius 3 is 2.33 bits per heavy atom. The van der Waals surface area contributed by atoms with Crippen molar-refractivity contribution in [2.24, 2.45) is 11.8 Å². The number of H-pyrrole nitrogens is 1. The van der Waals surface area contributed by atoms with Crippen LogP contribution in [0, 0.1) is 18.8 Å². The minimum absolute atomic E-state index is 0.0544. The molecule has 0 bridgehead atoms. The molecule has 1 aliphatic carbocycles. The van der Waals surface area contributed by atoms with Crippen LogP contribution in [0.15, 0.2) is 17.1 Å². The van der Waals surface area contributed by atoms with Crippen LogP contribution < -0.4 is 10.3 Å². The van der Waals surface area contributed by atoms with E-state index >= 15 is 0 Å². The smallest absolute Gasteiger partial charge is 0.265 e. The second-order valence-electron chi connectivity index (χ2n) is 9.08. The Kier molecular flexibility index (Phi) is 11.3. The van der Waals surface area contributed by atoms with Gasteiger partial charge in [0, 0.05) is 40.6 Å². The van der Waals surface area contributed by atoms with Crippen molar-refractivity contribution in [2.75, 3.05) is 30.1 Å². The number of nitrogens with one attached hydrogen (secondary N) is 1. The first kappa shape index (κ1) is 32.7. The normalized spacial score (nSPS) is 20.9. The third-order valence-corrected chi connectivity index (χ3v) is 11.3. The SMILES string of the molecule is COc1nc(C(SCCS(=O)(=O)O)C2CCCC(C(SCCS(=O)(O)=S)c3cc(=O)[nH]c(C)n3)C2=O)ncc1O. The van der Waals surface area contributed by atoms with Crippen molar-refractivity contribution < 1.29 is 36.4 Å². The van der Waals surface area contributed by atoms with Gasteiger partial charge in [-0.25, -0.2) is 14.2 Å². The number of rotatable bonds is 13. The zero-order valence-corrected chi connectivity index (χ0v) is 25.7. The Morgan fingerprint density at radius 1 is 1.10 bits per heavy atom. The number of aromatic amines is 1. The maximum absolute atomic E-state index is 14.1. The summed E-state index contributed by atoms with van der Waals surface area (Å²) in [6.07, 6.45) is 2.63. The number of Topliss-reactive ketones (excluding diaryl/α,β-unsaturated/α-hetero) is 1. The number of hydrogen-bond donors (Lipinski definition) is 4. The van der Waals surface area contributed by atoms with Gasteiger partial charge in [-0.15, -0.1) is 11.8 Å². The van der Waals surface area contributed by atoms with Gasteiger partial charge in [0.25, 0.3) is 21.6 Å². The van der Waals surface area contributed by atoms with Crippen LogP contribution >= 0.6 is 23.5 Å². The van der Waals surface area contributed by atoms with Crippen molar-refractivity contribution in [3.8, 4) is 11.6 Å². The number of carbonyl (C=O) groups is 1. The molecular formula is C22H30N4O9S5. The van der Waals surface area contributed by atoms with Crippen molar-refractivity contribution in [2.45, 2.75) is 36.7 Å². The van der Waals surface area contributed by atoms with Gasteiger partial charge in [-0.1, -0.05) is 6.42 Å². The van der Waals surface area contributed by atoms with Gasteiger partial charge in [0.2, 0.25) is 0 Å². The summed E-state index contributed by atoms with van der Waals surface area (Å²) in [5, 5.41) is 8.61. The number of nitrogens with zero attached hydrogens (tertiary/aromatic N) is 3. The van der Waals surface area contributed by atoms with E-state index in [0.717, 1.165) is 18.0 Å². The van der Waals surface area contributed by atoms with Gasteiger partial charge < -0.3 is 19.4 Å². The molecule has 2 aromatic heterocycles. The van der Waals surface area contributed by atoms with Crippen LogP contribution in [0.1, 0.15) is 47.1 Å². The molecule has 0 spiro atoms. The van der Waals surface area contributed by atoms with Crippen molar-refractivity contribution in [3.63, 3.8) is 0 Å². The molecule has 0 amide bonds. The first-order valence-electron chi connectivity index (χ1n) is 12.0.